The summed E-state index contributed by atoms with van der Waals surface area (Å²) in [7, 11) is 0. The van der Waals surface area contributed by atoms with E-state index in [-0.39, 0.29) is 16.9 Å². The lowest BCUT2D eigenvalue weighted by molar-refractivity contribution is -0.119. The van der Waals surface area contributed by atoms with Gasteiger partial charge in [-0.25, -0.2) is 4.39 Å². The second-order valence-corrected chi connectivity index (χ2v) is 7.44. The van der Waals surface area contributed by atoms with E-state index in [1.807, 2.05) is 11.0 Å². The SMILES string of the molecule is C[C@@H]1CCCN(c2nc3c(c(=O)[nH]2)[C@H](c2ccccc2F)[C@H](C#N)C(=O)N3)C1. The Morgan fingerprint density at radius 1 is 1.32 bits per heavy atom. The quantitative estimate of drug-likeness (QED) is 0.832. The molecule has 0 spiro atoms. The first-order valence-electron chi connectivity index (χ1n) is 9.33. The van der Waals surface area contributed by atoms with Gasteiger partial charge >= 0.3 is 0 Å². The van der Waals surface area contributed by atoms with Crippen LogP contribution in [0.1, 0.15) is 36.8 Å². The second-order valence-electron chi connectivity index (χ2n) is 7.44. The van der Waals surface area contributed by atoms with Crippen LogP contribution in [0.3, 0.4) is 0 Å². The molecule has 1 fully saturated rings. The van der Waals surface area contributed by atoms with Crippen molar-refractivity contribution in [1.29, 1.82) is 5.26 Å². The number of aromatic nitrogens is 2. The van der Waals surface area contributed by atoms with Crippen LogP contribution in [-0.4, -0.2) is 29.0 Å². The monoisotopic (exact) mass is 381 g/mol. The number of carbonyl (C=O) groups is 1. The number of nitriles is 1. The Morgan fingerprint density at radius 2 is 2.11 bits per heavy atom. The lowest BCUT2D eigenvalue weighted by atomic mass is 9.79. The number of nitrogens with zero attached hydrogens (tertiary/aromatic N) is 3. The number of H-pyrrole nitrogens is 1. The molecular weight excluding hydrogens is 361 g/mol. The Morgan fingerprint density at radius 3 is 2.82 bits per heavy atom. The fourth-order valence-electron chi connectivity index (χ4n) is 4.09. The van der Waals surface area contributed by atoms with Gasteiger partial charge in [-0.05, 0) is 30.4 Å². The summed E-state index contributed by atoms with van der Waals surface area (Å²) in [5.74, 6) is -2.42. The predicted octanol–water partition coefficient (Wildman–Crippen LogP) is 2.37. The Balaban J connectivity index is 1.85. The predicted molar refractivity (Wildman–Crippen MR) is 101 cm³/mol. The third-order valence-electron chi connectivity index (χ3n) is 5.45. The van der Waals surface area contributed by atoms with Crippen molar-refractivity contribution >= 4 is 17.7 Å². The maximum Gasteiger partial charge on any atom is 0.258 e. The maximum absolute atomic E-state index is 14.5. The highest BCUT2D eigenvalue weighted by molar-refractivity contribution is 5.98. The Labute approximate surface area is 161 Å². The van der Waals surface area contributed by atoms with Gasteiger partial charge in [-0.15, -0.1) is 0 Å². The van der Waals surface area contributed by atoms with Crippen LogP contribution < -0.4 is 15.8 Å². The van der Waals surface area contributed by atoms with Gasteiger partial charge in [-0.1, -0.05) is 25.1 Å². The molecule has 0 unspecified atom stereocenters. The number of aromatic amines is 1. The molecule has 1 aromatic carbocycles. The van der Waals surface area contributed by atoms with Crippen LogP contribution in [0.5, 0.6) is 0 Å². The molecule has 2 aliphatic heterocycles. The summed E-state index contributed by atoms with van der Waals surface area (Å²) >= 11 is 0. The van der Waals surface area contributed by atoms with E-state index in [2.05, 4.69) is 22.2 Å². The number of hydrogen-bond acceptors (Lipinski definition) is 5. The van der Waals surface area contributed by atoms with Crippen molar-refractivity contribution in [3.05, 3.63) is 51.6 Å². The Bertz CT molecular complexity index is 1030. The number of piperidine rings is 1. The van der Waals surface area contributed by atoms with Crippen LogP contribution in [0, 0.1) is 29.0 Å². The summed E-state index contributed by atoms with van der Waals surface area (Å²) in [5.41, 5.74) is -0.214. The molecule has 2 aliphatic rings. The standard InChI is InChI=1S/C20H20FN5O2/c1-11-5-4-8-26(10-11)20-24-17-16(19(28)25-20)15(13(9-22)18(27)23-17)12-6-2-3-7-14(12)21/h2-3,6-7,11,13,15H,4-5,8,10H2,1H3,(H2,23,24,25,27,28)/t11-,13+,15-/m1/s1. The van der Waals surface area contributed by atoms with E-state index >= 15 is 0 Å². The molecule has 3 atom stereocenters. The zero-order chi connectivity index (χ0) is 19.8. The van der Waals surface area contributed by atoms with E-state index in [4.69, 9.17) is 0 Å². The number of hydrogen-bond donors (Lipinski definition) is 2. The minimum atomic E-state index is -1.21. The van der Waals surface area contributed by atoms with E-state index in [1.165, 1.54) is 18.2 Å². The molecule has 4 rings (SSSR count). The highest BCUT2D eigenvalue weighted by atomic mass is 19.1. The molecule has 0 aliphatic carbocycles. The fourth-order valence-corrected chi connectivity index (χ4v) is 4.09. The number of rotatable bonds is 2. The lowest BCUT2D eigenvalue weighted by Gasteiger charge is -2.33. The molecule has 28 heavy (non-hydrogen) atoms. The van der Waals surface area contributed by atoms with Crippen molar-refractivity contribution in [3.8, 4) is 6.07 Å². The smallest absolute Gasteiger partial charge is 0.258 e. The van der Waals surface area contributed by atoms with Gasteiger partial charge in [-0.3, -0.25) is 14.6 Å². The van der Waals surface area contributed by atoms with Crippen LogP contribution in [0.25, 0.3) is 0 Å². The average molecular weight is 381 g/mol. The van der Waals surface area contributed by atoms with Gasteiger partial charge in [-0.2, -0.15) is 10.2 Å². The first kappa shape index (κ1) is 18.2. The van der Waals surface area contributed by atoms with Crippen molar-refractivity contribution < 1.29 is 9.18 Å². The molecule has 3 heterocycles. The summed E-state index contributed by atoms with van der Waals surface area (Å²) in [6.07, 6.45) is 2.10. The van der Waals surface area contributed by atoms with E-state index in [1.54, 1.807) is 6.07 Å². The Kier molecular flexibility index (Phi) is 4.59. The number of nitrogens with one attached hydrogen (secondary N) is 2. The molecule has 0 saturated carbocycles. The number of carbonyl (C=O) groups excluding carboxylic acids is 1. The van der Waals surface area contributed by atoms with Crippen molar-refractivity contribution in [2.75, 3.05) is 23.3 Å². The summed E-state index contributed by atoms with van der Waals surface area (Å²) in [6.45, 7) is 3.65. The highest BCUT2D eigenvalue weighted by Crippen LogP contribution is 2.39. The summed E-state index contributed by atoms with van der Waals surface area (Å²) in [6, 6.07) is 7.79. The topological polar surface area (TPSA) is 102 Å². The highest BCUT2D eigenvalue weighted by Gasteiger charge is 2.41. The van der Waals surface area contributed by atoms with Crippen molar-refractivity contribution in [1.82, 2.24) is 9.97 Å². The van der Waals surface area contributed by atoms with Crippen LogP contribution in [-0.2, 0) is 4.79 Å². The maximum atomic E-state index is 14.5. The van der Waals surface area contributed by atoms with Gasteiger partial charge in [0.05, 0.1) is 11.6 Å². The second kappa shape index (κ2) is 7.08. The molecule has 1 amide bonds. The third-order valence-corrected chi connectivity index (χ3v) is 5.45. The first-order valence-corrected chi connectivity index (χ1v) is 9.33. The van der Waals surface area contributed by atoms with Crippen molar-refractivity contribution in [3.63, 3.8) is 0 Å². The van der Waals surface area contributed by atoms with Crippen LogP contribution >= 0.6 is 0 Å². The molecule has 1 aromatic heterocycles. The van der Waals surface area contributed by atoms with E-state index in [9.17, 15) is 19.2 Å². The number of amides is 1. The molecule has 144 valence electrons. The molecule has 2 aromatic rings. The Hall–Kier alpha value is -3.21. The minimum Gasteiger partial charge on any atom is -0.342 e. The van der Waals surface area contributed by atoms with Gasteiger partial charge in [0.2, 0.25) is 11.9 Å². The normalized spacial score (nSPS) is 24.2. The van der Waals surface area contributed by atoms with Gasteiger partial charge < -0.3 is 10.2 Å². The third kappa shape index (κ3) is 3.03. The molecule has 0 bridgehead atoms. The molecule has 0 radical (unpaired) electrons. The lowest BCUT2D eigenvalue weighted by Crippen LogP contribution is -2.41. The van der Waals surface area contributed by atoms with Crippen molar-refractivity contribution in [2.24, 2.45) is 11.8 Å². The van der Waals surface area contributed by atoms with Gasteiger partial charge in [0.25, 0.3) is 5.56 Å². The van der Waals surface area contributed by atoms with Crippen molar-refractivity contribution in [2.45, 2.75) is 25.7 Å². The average Bonchev–Trinajstić information content (AvgIpc) is 2.67. The van der Waals surface area contributed by atoms with Crippen LogP contribution in [0.4, 0.5) is 16.2 Å². The zero-order valence-electron chi connectivity index (χ0n) is 15.4. The largest absolute Gasteiger partial charge is 0.342 e. The molecule has 2 N–H and O–H groups in total. The summed E-state index contributed by atoms with van der Waals surface area (Å²) < 4.78 is 14.5. The van der Waals surface area contributed by atoms with Gasteiger partial charge in [0.1, 0.15) is 17.6 Å². The summed E-state index contributed by atoms with van der Waals surface area (Å²) in [4.78, 5) is 34.7. The van der Waals surface area contributed by atoms with E-state index in [0.717, 1.165) is 25.9 Å². The van der Waals surface area contributed by atoms with Crippen LogP contribution in [0.2, 0.25) is 0 Å². The number of halogens is 1. The number of anilines is 2. The van der Waals surface area contributed by atoms with E-state index < -0.39 is 29.1 Å². The number of benzene rings is 1. The van der Waals surface area contributed by atoms with Gasteiger partial charge in [0, 0.05) is 19.0 Å². The molecule has 7 nitrogen and oxygen atoms in total. The van der Waals surface area contributed by atoms with Gasteiger partial charge in [0.15, 0.2) is 0 Å². The molecule has 1 saturated heterocycles. The minimum absolute atomic E-state index is 0.0988. The van der Waals surface area contributed by atoms with E-state index in [0.29, 0.717) is 11.9 Å². The molecular formula is C20H20FN5O2. The molecule has 8 heteroatoms. The summed E-state index contributed by atoms with van der Waals surface area (Å²) in [5, 5.41) is 12.1. The van der Waals surface area contributed by atoms with Crippen LogP contribution in [0.15, 0.2) is 29.1 Å². The fraction of sp³-hybridized carbons (Fsp3) is 0.400. The zero-order valence-corrected chi connectivity index (χ0v) is 15.4. The first-order chi connectivity index (χ1) is 13.5. The number of fused-ring (bicyclic) bond motifs is 1.